The van der Waals surface area contributed by atoms with Crippen LogP contribution in [-0.2, 0) is 23.4 Å². The second-order valence-corrected chi connectivity index (χ2v) is 12.2. The summed E-state index contributed by atoms with van der Waals surface area (Å²) in [5.74, 6) is 0.512. The summed E-state index contributed by atoms with van der Waals surface area (Å²) >= 11 is 0. The highest BCUT2D eigenvalue weighted by Crippen LogP contribution is 2.48. The van der Waals surface area contributed by atoms with Crippen molar-refractivity contribution in [3.8, 4) is 5.75 Å². The van der Waals surface area contributed by atoms with Crippen molar-refractivity contribution < 1.29 is 37.4 Å². The SMILES string of the molecule is Cc1nc(N(C)C)c2ncn([C@@H]3O[C@H](CO[P@@](=O)(N[C@H](C)C(=O)OC(C)C)Oc4ccccc4)[C@@H](O)[C@@]3(C)F)c2n1. The molecule has 1 aromatic carbocycles. The lowest BCUT2D eigenvalue weighted by molar-refractivity contribution is -0.149. The Hall–Kier alpha value is -3.16. The summed E-state index contributed by atoms with van der Waals surface area (Å²) in [5.41, 5.74) is -1.56. The van der Waals surface area contributed by atoms with E-state index in [-0.39, 0.29) is 5.75 Å². The molecule has 3 heterocycles. The number of hydrogen-bond acceptors (Lipinski definition) is 11. The van der Waals surface area contributed by atoms with Crippen LogP contribution in [0.15, 0.2) is 36.7 Å². The maximum Gasteiger partial charge on any atom is 0.459 e. The first kappa shape index (κ1) is 30.8. The Kier molecular flexibility index (Phi) is 9.00. The average molecular weight is 595 g/mol. The number of aromatic nitrogens is 4. The van der Waals surface area contributed by atoms with E-state index >= 15 is 4.39 Å². The molecule has 2 N–H and O–H groups in total. The first-order valence-electron chi connectivity index (χ1n) is 13.1. The minimum absolute atomic E-state index is 0.200. The molecule has 0 amide bonds. The molecule has 1 fully saturated rings. The number of rotatable bonds is 11. The quantitative estimate of drug-likeness (QED) is 0.248. The van der Waals surface area contributed by atoms with Crippen LogP contribution in [0.5, 0.6) is 5.75 Å². The minimum Gasteiger partial charge on any atom is -0.462 e. The lowest BCUT2D eigenvalue weighted by atomic mass is 9.98. The van der Waals surface area contributed by atoms with Crippen LogP contribution in [0.25, 0.3) is 11.2 Å². The van der Waals surface area contributed by atoms with Gasteiger partial charge in [-0.1, -0.05) is 18.2 Å². The number of aryl methyl sites for hydroxylation is 1. The van der Waals surface area contributed by atoms with E-state index in [0.717, 1.165) is 0 Å². The molecule has 0 bridgehead atoms. The number of halogens is 1. The average Bonchev–Trinajstić information content (AvgIpc) is 3.40. The number of aliphatic hydroxyl groups excluding tert-OH is 1. The standard InChI is InChI=1S/C26H36FN6O7P/c1-15(2)38-24(35)16(3)31-41(36,40-18-11-9-8-10-12-18)37-13-19-21(34)26(5,27)25(39-19)33-14-28-20-22(32(6)7)29-17(4)30-23(20)33/h8-12,14-16,19,21,25,34H,13H2,1-7H3,(H,31,36)/t16-,19-,21-,25-,26-,41+/m1/s1. The van der Waals surface area contributed by atoms with Crippen molar-refractivity contribution in [1.82, 2.24) is 24.6 Å². The van der Waals surface area contributed by atoms with E-state index in [1.807, 2.05) is 0 Å². The van der Waals surface area contributed by atoms with Gasteiger partial charge in [-0.2, -0.15) is 5.09 Å². The van der Waals surface area contributed by atoms with Crippen LogP contribution in [0.4, 0.5) is 10.2 Å². The number of carbonyl (C=O) groups is 1. The summed E-state index contributed by atoms with van der Waals surface area (Å²) in [6.07, 6.45) is -3.32. The van der Waals surface area contributed by atoms with Crippen LogP contribution in [0.1, 0.15) is 39.7 Å². The first-order chi connectivity index (χ1) is 19.2. The fourth-order valence-corrected chi connectivity index (χ4v) is 5.85. The van der Waals surface area contributed by atoms with Crippen molar-refractivity contribution in [2.24, 2.45) is 0 Å². The van der Waals surface area contributed by atoms with E-state index in [2.05, 4.69) is 20.0 Å². The van der Waals surface area contributed by atoms with Gasteiger partial charge in [-0.05, 0) is 46.8 Å². The lowest BCUT2D eigenvalue weighted by Crippen LogP contribution is -2.41. The van der Waals surface area contributed by atoms with Crippen LogP contribution in [0, 0.1) is 6.92 Å². The van der Waals surface area contributed by atoms with Crippen LogP contribution < -0.4 is 14.5 Å². The van der Waals surface area contributed by atoms with Gasteiger partial charge < -0.3 is 24.0 Å². The highest BCUT2D eigenvalue weighted by atomic mass is 31.2. The van der Waals surface area contributed by atoms with Gasteiger partial charge in [0.15, 0.2) is 28.9 Å². The smallest absolute Gasteiger partial charge is 0.459 e. The van der Waals surface area contributed by atoms with E-state index in [9.17, 15) is 14.5 Å². The molecule has 13 nitrogen and oxygen atoms in total. The van der Waals surface area contributed by atoms with E-state index in [1.54, 1.807) is 70.1 Å². The number of alkyl halides is 1. The maximum absolute atomic E-state index is 16.1. The largest absolute Gasteiger partial charge is 0.462 e. The topological polar surface area (TPSA) is 150 Å². The van der Waals surface area contributed by atoms with Gasteiger partial charge >= 0.3 is 13.7 Å². The zero-order valence-corrected chi connectivity index (χ0v) is 24.9. The molecular weight excluding hydrogens is 558 g/mol. The van der Waals surface area contributed by atoms with E-state index < -0.39 is 56.6 Å². The third kappa shape index (κ3) is 6.68. The van der Waals surface area contributed by atoms with Crippen molar-refractivity contribution in [2.45, 2.75) is 70.9 Å². The van der Waals surface area contributed by atoms with E-state index in [4.69, 9.17) is 18.5 Å². The number of benzene rings is 1. The molecule has 4 rings (SSSR count). The summed E-state index contributed by atoms with van der Waals surface area (Å²) in [5, 5.41) is 13.5. The number of anilines is 1. The molecule has 15 heteroatoms. The van der Waals surface area contributed by atoms with Crippen molar-refractivity contribution in [2.75, 3.05) is 25.6 Å². The normalized spacial score (nSPS) is 24.8. The summed E-state index contributed by atoms with van der Waals surface area (Å²) in [6, 6.07) is 7.11. The van der Waals surface area contributed by atoms with Gasteiger partial charge in [0.05, 0.1) is 19.0 Å². The Bertz CT molecular complexity index is 1420. The molecule has 0 spiro atoms. The number of nitrogens with zero attached hydrogens (tertiary/aromatic N) is 5. The van der Waals surface area contributed by atoms with Crippen LogP contribution in [0.3, 0.4) is 0 Å². The number of aliphatic hydroxyl groups is 1. The summed E-state index contributed by atoms with van der Waals surface area (Å²) in [6.45, 7) is 7.17. The molecule has 41 heavy (non-hydrogen) atoms. The van der Waals surface area contributed by atoms with Gasteiger partial charge in [0.2, 0.25) is 0 Å². The summed E-state index contributed by atoms with van der Waals surface area (Å²) in [7, 11) is -0.665. The zero-order chi connectivity index (χ0) is 30.1. The van der Waals surface area contributed by atoms with Crippen LogP contribution >= 0.6 is 7.75 Å². The molecule has 0 aliphatic carbocycles. The predicted octanol–water partition coefficient (Wildman–Crippen LogP) is 3.32. The Morgan fingerprint density at radius 2 is 1.95 bits per heavy atom. The molecule has 1 aliphatic rings. The number of hydrogen-bond donors (Lipinski definition) is 2. The van der Waals surface area contributed by atoms with Crippen LogP contribution in [-0.4, -0.2) is 81.3 Å². The van der Waals surface area contributed by atoms with Crippen LogP contribution in [0.2, 0.25) is 0 Å². The maximum atomic E-state index is 16.1. The fraction of sp³-hybridized carbons (Fsp3) is 0.538. The number of imidazole rings is 1. The number of ether oxygens (including phenoxy) is 2. The van der Waals surface area contributed by atoms with Gasteiger partial charge in [-0.15, -0.1) is 0 Å². The number of esters is 1. The Morgan fingerprint density at radius 3 is 2.59 bits per heavy atom. The molecule has 0 radical (unpaired) electrons. The van der Waals surface area contributed by atoms with Gasteiger partial charge in [0.25, 0.3) is 0 Å². The third-order valence-electron chi connectivity index (χ3n) is 6.34. The summed E-state index contributed by atoms with van der Waals surface area (Å²) in [4.78, 5) is 27.3. The Morgan fingerprint density at radius 1 is 1.27 bits per heavy atom. The zero-order valence-electron chi connectivity index (χ0n) is 24.0. The summed E-state index contributed by atoms with van der Waals surface area (Å²) < 4.78 is 53.6. The van der Waals surface area contributed by atoms with Gasteiger partial charge in [-0.3, -0.25) is 13.9 Å². The van der Waals surface area contributed by atoms with Gasteiger partial charge in [0.1, 0.15) is 29.8 Å². The highest BCUT2D eigenvalue weighted by molar-refractivity contribution is 7.52. The van der Waals surface area contributed by atoms with Crippen molar-refractivity contribution in [1.29, 1.82) is 0 Å². The molecule has 1 saturated heterocycles. The highest BCUT2D eigenvalue weighted by Gasteiger charge is 2.56. The van der Waals surface area contributed by atoms with E-state index in [1.165, 1.54) is 24.7 Å². The predicted molar refractivity (Wildman–Crippen MR) is 148 cm³/mol. The fourth-order valence-electron chi connectivity index (χ4n) is 4.35. The van der Waals surface area contributed by atoms with Crippen molar-refractivity contribution >= 4 is 30.7 Å². The Balaban J connectivity index is 1.57. The first-order valence-corrected chi connectivity index (χ1v) is 14.6. The minimum atomic E-state index is -4.27. The monoisotopic (exact) mass is 594 g/mol. The van der Waals surface area contributed by atoms with Crippen molar-refractivity contribution in [3.05, 3.63) is 42.5 Å². The molecule has 224 valence electrons. The number of para-hydroxylation sites is 1. The Labute approximate surface area is 237 Å². The second kappa shape index (κ2) is 12.0. The number of fused-ring (bicyclic) bond motifs is 1. The molecule has 0 unspecified atom stereocenters. The molecule has 6 atom stereocenters. The second-order valence-electron chi connectivity index (χ2n) is 10.5. The number of nitrogens with one attached hydrogen (secondary N) is 1. The lowest BCUT2D eigenvalue weighted by Gasteiger charge is -2.25. The molecule has 1 aliphatic heterocycles. The molecular formula is C26H36FN6O7P. The van der Waals surface area contributed by atoms with Crippen molar-refractivity contribution in [3.63, 3.8) is 0 Å². The molecule has 0 saturated carbocycles. The van der Waals surface area contributed by atoms with E-state index in [0.29, 0.717) is 22.8 Å². The van der Waals surface area contributed by atoms with Gasteiger partial charge in [-0.25, -0.2) is 23.9 Å². The molecule has 3 aromatic rings. The van der Waals surface area contributed by atoms with Gasteiger partial charge in [0, 0.05) is 14.1 Å². The third-order valence-corrected chi connectivity index (χ3v) is 7.99. The molecule has 2 aromatic heterocycles. The number of carbonyl (C=O) groups excluding carboxylic acids is 1.